The van der Waals surface area contributed by atoms with Gasteiger partial charge < -0.3 is 9.80 Å². The molecule has 31 heavy (non-hydrogen) atoms. The summed E-state index contributed by atoms with van der Waals surface area (Å²) in [5.41, 5.74) is 1.74. The van der Waals surface area contributed by atoms with Crippen molar-refractivity contribution in [2.75, 3.05) is 24.5 Å². The largest absolute Gasteiger partial charge is 0.338 e. The van der Waals surface area contributed by atoms with Crippen molar-refractivity contribution in [2.45, 2.75) is 32.2 Å². The van der Waals surface area contributed by atoms with E-state index < -0.39 is 0 Å². The molecule has 1 aliphatic heterocycles. The van der Waals surface area contributed by atoms with Crippen molar-refractivity contribution >= 4 is 39.7 Å². The van der Waals surface area contributed by atoms with Crippen LogP contribution in [0.25, 0.3) is 27.3 Å². The maximum absolute atomic E-state index is 12.9. The lowest BCUT2D eigenvalue weighted by atomic mass is 9.84. The fourth-order valence-corrected chi connectivity index (χ4v) is 5.40. The van der Waals surface area contributed by atoms with Crippen molar-refractivity contribution in [3.05, 3.63) is 41.8 Å². The van der Waals surface area contributed by atoms with Crippen LogP contribution in [-0.4, -0.2) is 56.1 Å². The summed E-state index contributed by atoms with van der Waals surface area (Å²) in [6.07, 6.45) is 3.27. The summed E-state index contributed by atoms with van der Waals surface area (Å²) in [5.74, 6) is 2.24. The number of piperazine rings is 1. The molecule has 3 aromatic heterocycles. The molecule has 1 aliphatic carbocycles. The van der Waals surface area contributed by atoms with Crippen LogP contribution < -0.4 is 4.90 Å². The normalized spacial score (nSPS) is 19.8. The molecule has 0 spiro atoms. The molecule has 1 aromatic carbocycles. The Balaban J connectivity index is 1.43. The molecule has 2 fully saturated rings. The molecule has 6 rings (SSSR count). The molecule has 1 atom stereocenters. The number of thiophene rings is 1. The van der Waals surface area contributed by atoms with E-state index in [0.29, 0.717) is 5.91 Å². The van der Waals surface area contributed by atoms with Gasteiger partial charge in [-0.1, -0.05) is 24.6 Å². The Morgan fingerprint density at radius 2 is 1.97 bits per heavy atom. The van der Waals surface area contributed by atoms with Gasteiger partial charge in [-0.25, -0.2) is 9.38 Å². The van der Waals surface area contributed by atoms with Crippen LogP contribution in [0.15, 0.2) is 41.8 Å². The van der Waals surface area contributed by atoms with E-state index in [9.17, 15) is 4.79 Å². The van der Waals surface area contributed by atoms with Crippen LogP contribution in [0, 0.1) is 5.92 Å². The standard InChI is InChI=1S/C23H24N6OS/c1-15-14-27(11-12-28(15)22(30)16-6-4-7-16)23-24-18-9-3-2-8-17(18)20-25-26-21(29(20)23)19-10-5-13-31-19/h2-3,5,8-10,13,15-16H,4,6-7,11-12,14H2,1H3/t15-/m0/s1. The van der Waals surface area contributed by atoms with Crippen molar-refractivity contribution in [1.29, 1.82) is 0 Å². The molecule has 8 heteroatoms. The van der Waals surface area contributed by atoms with E-state index in [1.165, 1.54) is 6.42 Å². The van der Waals surface area contributed by atoms with Crippen LogP contribution >= 0.6 is 11.3 Å². The van der Waals surface area contributed by atoms with Gasteiger partial charge in [0, 0.05) is 37.0 Å². The minimum Gasteiger partial charge on any atom is -0.338 e. The lowest BCUT2D eigenvalue weighted by molar-refractivity contribution is -0.140. The zero-order chi connectivity index (χ0) is 20.9. The predicted octanol–water partition coefficient (Wildman–Crippen LogP) is 3.84. The Morgan fingerprint density at radius 3 is 2.71 bits per heavy atom. The lowest BCUT2D eigenvalue weighted by Gasteiger charge is -2.43. The zero-order valence-corrected chi connectivity index (χ0v) is 18.3. The van der Waals surface area contributed by atoms with Gasteiger partial charge in [0.25, 0.3) is 0 Å². The molecular weight excluding hydrogens is 408 g/mol. The van der Waals surface area contributed by atoms with Gasteiger partial charge in [-0.3, -0.25) is 4.79 Å². The number of hydrogen-bond acceptors (Lipinski definition) is 6. The summed E-state index contributed by atoms with van der Waals surface area (Å²) in [5, 5.41) is 12.1. The Bertz CT molecular complexity index is 1260. The summed E-state index contributed by atoms with van der Waals surface area (Å²) in [6.45, 7) is 4.38. The number of aromatic nitrogens is 4. The molecule has 7 nitrogen and oxygen atoms in total. The number of anilines is 1. The first-order valence-electron chi connectivity index (χ1n) is 10.9. The van der Waals surface area contributed by atoms with Crippen LogP contribution in [0.1, 0.15) is 26.2 Å². The van der Waals surface area contributed by atoms with Gasteiger partial charge in [-0.05, 0) is 43.3 Å². The molecule has 2 aliphatic rings. The van der Waals surface area contributed by atoms with Crippen LogP contribution in [0.5, 0.6) is 0 Å². The van der Waals surface area contributed by atoms with Crippen LogP contribution in [-0.2, 0) is 4.79 Å². The molecule has 0 N–H and O–H groups in total. The molecule has 1 amide bonds. The van der Waals surface area contributed by atoms with Gasteiger partial charge in [0.15, 0.2) is 11.5 Å². The number of carbonyl (C=O) groups is 1. The highest BCUT2D eigenvalue weighted by Crippen LogP contribution is 2.33. The molecule has 0 bridgehead atoms. The number of fused-ring (bicyclic) bond motifs is 3. The Labute approximate surface area is 184 Å². The molecule has 158 valence electrons. The first kappa shape index (κ1) is 18.7. The van der Waals surface area contributed by atoms with Crippen molar-refractivity contribution < 1.29 is 4.79 Å². The maximum Gasteiger partial charge on any atom is 0.226 e. The third kappa shape index (κ3) is 3.00. The quantitative estimate of drug-likeness (QED) is 0.492. The summed E-state index contributed by atoms with van der Waals surface area (Å²) in [7, 11) is 0. The van der Waals surface area contributed by atoms with Crippen molar-refractivity contribution in [3.63, 3.8) is 0 Å². The van der Waals surface area contributed by atoms with Gasteiger partial charge in [-0.15, -0.1) is 21.5 Å². The van der Waals surface area contributed by atoms with E-state index in [0.717, 1.165) is 65.7 Å². The van der Waals surface area contributed by atoms with E-state index in [1.807, 2.05) is 30.3 Å². The molecule has 4 heterocycles. The molecule has 1 saturated carbocycles. The summed E-state index contributed by atoms with van der Waals surface area (Å²) in [6, 6.07) is 12.3. The highest BCUT2D eigenvalue weighted by atomic mass is 32.1. The Kier molecular flexibility index (Phi) is 4.41. The maximum atomic E-state index is 12.9. The monoisotopic (exact) mass is 432 g/mol. The van der Waals surface area contributed by atoms with Gasteiger partial charge >= 0.3 is 0 Å². The zero-order valence-electron chi connectivity index (χ0n) is 17.4. The van der Waals surface area contributed by atoms with Crippen LogP contribution in [0.4, 0.5) is 5.95 Å². The fourth-order valence-electron chi connectivity index (χ4n) is 4.70. The van der Waals surface area contributed by atoms with Crippen molar-refractivity contribution in [2.24, 2.45) is 5.92 Å². The average molecular weight is 433 g/mol. The van der Waals surface area contributed by atoms with Crippen LogP contribution in [0.2, 0.25) is 0 Å². The van der Waals surface area contributed by atoms with E-state index in [2.05, 4.69) is 42.8 Å². The number of amides is 1. The lowest BCUT2D eigenvalue weighted by Crippen LogP contribution is -2.56. The third-order valence-electron chi connectivity index (χ3n) is 6.62. The first-order chi connectivity index (χ1) is 15.2. The second-order valence-corrected chi connectivity index (χ2v) is 9.49. The second-order valence-electron chi connectivity index (χ2n) is 8.54. The van der Waals surface area contributed by atoms with Gasteiger partial charge in [0.2, 0.25) is 11.9 Å². The minimum absolute atomic E-state index is 0.145. The fraction of sp³-hybridized carbons (Fsp3) is 0.391. The number of carbonyl (C=O) groups excluding carboxylic acids is 1. The van der Waals surface area contributed by atoms with Gasteiger partial charge in [-0.2, -0.15) is 0 Å². The van der Waals surface area contributed by atoms with E-state index in [4.69, 9.17) is 4.98 Å². The number of para-hydroxylation sites is 1. The molecule has 4 aromatic rings. The number of nitrogens with zero attached hydrogens (tertiary/aromatic N) is 6. The number of hydrogen-bond donors (Lipinski definition) is 0. The first-order valence-corrected chi connectivity index (χ1v) is 11.8. The summed E-state index contributed by atoms with van der Waals surface area (Å²) in [4.78, 5) is 23.3. The highest BCUT2D eigenvalue weighted by Gasteiger charge is 2.35. The van der Waals surface area contributed by atoms with Crippen LogP contribution in [0.3, 0.4) is 0 Å². The summed E-state index contributed by atoms with van der Waals surface area (Å²) < 4.78 is 2.09. The Hall–Kier alpha value is -3.00. The predicted molar refractivity (Wildman–Crippen MR) is 122 cm³/mol. The number of rotatable bonds is 3. The molecule has 0 radical (unpaired) electrons. The van der Waals surface area contributed by atoms with Crippen molar-refractivity contribution in [3.8, 4) is 10.7 Å². The summed E-state index contributed by atoms with van der Waals surface area (Å²) >= 11 is 1.65. The molecule has 1 saturated heterocycles. The SMILES string of the molecule is C[C@H]1CN(c2nc3ccccc3c3nnc(-c4cccs4)n23)CCN1C(=O)C1CCC1. The van der Waals surface area contributed by atoms with E-state index >= 15 is 0 Å². The number of benzene rings is 1. The third-order valence-corrected chi connectivity index (χ3v) is 7.48. The van der Waals surface area contributed by atoms with E-state index in [-0.39, 0.29) is 12.0 Å². The smallest absolute Gasteiger partial charge is 0.226 e. The average Bonchev–Trinajstić information content (AvgIpc) is 3.41. The van der Waals surface area contributed by atoms with Crippen molar-refractivity contribution in [1.82, 2.24) is 24.5 Å². The molecule has 0 unspecified atom stereocenters. The van der Waals surface area contributed by atoms with Gasteiger partial charge in [0.05, 0.1) is 10.4 Å². The minimum atomic E-state index is 0.145. The van der Waals surface area contributed by atoms with E-state index in [1.54, 1.807) is 11.3 Å². The highest BCUT2D eigenvalue weighted by molar-refractivity contribution is 7.13. The van der Waals surface area contributed by atoms with Gasteiger partial charge in [0.1, 0.15) is 0 Å². The Morgan fingerprint density at radius 1 is 1.10 bits per heavy atom. The second kappa shape index (κ2) is 7.30. The topological polar surface area (TPSA) is 66.6 Å². The molecular formula is C23H24N6OS.